The number of hydrogen-bond acceptors (Lipinski definition) is 5. The van der Waals surface area contributed by atoms with E-state index in [1.807, 2.05) is 6.07 Å². The molecule has 0 aliphatic rings. The maximum Gasteiger partial charge on any atom is 0.348 e. The number of hydrogen-bond donors (Lipinski definition) is 1. The van der Waals surface area contributed by atoms with E-state index < -0.39 is 17.7 Å². The standard InChI is InChI=1S/C18H14ClFN2O3S/c1-3-25-18(24)16-10(2)12(9-21)17(26-16)22-15(23)8-7-11-13(19)5-4-6-14(11)20/h4-8H,3H2,1-2H3,(H,22,23). The first-order chi connectivity index (χ1) is 12.4. The Kier molecular flexibility index (Phi) is 6.50. The van der Waals surface area contributed by atoms with Gasteiger partial charge >= 0.3 is 5.97 Å². The number of esters is 1. The van der Waals surface area contributed by atoms with Crippen molar-refractivity contribution in [3.8, 4) is 6.07 Å². The molecule has 0 bridgehead atoms. The Morgan fingerprint density at radius 3 is 2.81 bits per heavy atom. The van der Waals surface area contributed by atoms with Crippen molar-refractivity contribution < 1.29 is 18.7 Å². The SMILES string of the molecule is CCOC(=O)c1sc(NC(=O)C=Cc2c(F)cccc2Cl)c(C#N)c1C. The monoisotopic (exact) mass is 392 g/mol. The van der Waals surface area contributed by atoms with E-state index in [1.165, 1.54) is 24.3 Å². The molecule has 1 aromatic heterocycles. The molecule has 0 radical (unpaired) electrons. The molecule has 0 aliphatic heterocycles. The van der Waals surface area contributed by atoms with Gasteiger partial charge in [-0.25, -0.2) is 9.18 Å². The van der Waals surface area contributed by atoms with Gasteiger partial charge in [-0.3, -0.25) is 4.79 Å². The van der Waals surface area contributed by atoms with Crippen LogP contribution in [-0.2, 0) is 9.53 Å². The van der Waals surface area contributed by atoms with Gasteiger partial charge in [0.2, 0.25) is 5.91 Å². The number of thiophene rings is 1. The highest BCUT2D eigenvalue weighted by Gasteiger charge is 2.21. The zero-order chi connectivity index (χ0) is 19.3. The molecule has 134 valence electrons. The van der Waals surface area contributed by atoms with Gasteiger partial charge in [0.15, 0.2) is 0 Å². The summed E-state index contributed by atoms with van der Waals surface area (Å²) in [6.45, 7) is 3.48. The molecule has 0 saturated carbocycles. The topological polar surface area (TPSA) is 79.2 Å². The fourth-order valence-corrected chi connectivity index (χ4v) is 3.39. The van der Waals surface area contributed by atoms with Gasteiger partial charge in [-0.1, -0.05) is 17.7 Å². The van der Waals surface area contributed by atoms with E-state index in [4.69, 9.17) is 16.3 Å². The van der Waals surface area contributed by atoms with Gasteiger partial charge in [0, 0.05) is 11.6 Å². The largest absolute Gasteiger partial charge is 0.462 e. The maximum absolute atomic E-state index is 13.7. The average Bonchev–Trinajstić information content (AvgIpc) is 2.90. The van der Waals surface area contributed by atoms with E-state index >= 15 is 0 Å². The number of carbonyl (C=O) groups excluding carboxylic acids is 2. The number of nitriles is 1. The summed E-state index contributed by atoms with van der Waals surface area (Å²) in [5.41, 5.74) is 0.704. The third-order valence-corrected chi connectivity index (χ3v) is 4.87. The van der Waals surface area contributed by atoms with Crippen LogP contribution in [0.2, 0.25) is 5.02 Å². The first kappa shape index (κ1) is 19.6. The second-order valence-corrected chi connectivity index (χ2v) is 6.48. The Morgan fingerprint density at radius 2 is 2.19 bits per heavy atom. The second kappa shape index (κ2) is 8.61. The first-order valence-corrected chi connectivity index (χ1v) is 8.72. The van der Waals surface area contributed by atoms with Crippen LogP contribution in [0.3, 0.4) is 0 Å². The van der Waals surface area contributed by atoms with Crippen LogP contribution in [-0.4, -0.2) is 18.5 Å². The molecule has 5 nitrogen and oxygen atoms in total. The van der Waals surface area contributed by atoms with E-state index in [0.717, 1.165) is 17.4 Å². The minimum atomic E-state index is -0.586. The van der Waals surface area contributed by atoms with Crippen molar-refractivity contribution in [2.45, 2.75) is 13.8 Å². The predicted octanol–water partition coefficient (Wildman–Crippen LogP) is 4.55. The summed E-state index contributed by atoms with van der Waals surface area (Å²) >= 11 is 6.85. The lowest BCUT2D eigenvalue weighted by Crippen LogP contribution is -2.07. The number of nitrogens with one attached hydrogen (secondary N) is 1. The third-order valence-electron chi connectivity index (χ3n) is 3.36. The zero-order valence-electron chi connectivity index (χ0n) is 13.9. The second-order valence-electron chi connectivity index (χ2n) is 5.05. The number of amides is 1. The van der Waals surface area contributed by atoms with Crippen molar-refractivity contribution in [3.63, 3.8) is 0 Å². The number of anilines is 1. The Labute approximate surface area is 158 Å². The molecule has 0 unspecified atom stereocenters. The Hall–Kier alpha value is -2.69. The van der Waals surface area contributed by atoms with Crippen molar-refractivity contribution in [2.24, 2.45) is 0 Å². The van der Waals surface area contributed by atoms with Crippen molar-refractivity contribution in [1.29, 1.82) is 5.26 Å². The quantitative estimate of drug-likeness (QED) is 0.598. The number of benzene rings is 1. The smallest absolute Gasteiger partial charge is 0.348 e. The van der Waals surface area contributed by atoms with Gasteiger partial charge in [0.1, 0.15) is 21.8 Å². The molecule has 26 heavy (non-hydrogen) atoms. The normalized spacial score (nSPS) is 10.6. The van der Waals surface area contributed by atoms with Crippen LogP contribution in [0, 0.1) is 24.1 Å². The zero-order valence-corrected chi connectivity index (χ0v) is 15.5. The van der Waals surface area contributed by atoms with Gasteiger partial charge in [0.05, 0.1) is 17.2 Å². The summed E-state index contributed by atoms with van der Waals surface area (Å²) in [5, 5.41) is 12.2. The van der Waals surface area contributed by atoms with E-state index in [1.54, 1.807) is 13.8 Å². The molecule has 1 amide bonds. The van der Waals surface area contributed by atoms with Gasteiger partial charge in [0.25, 0.3) is 0 Å². The molecule has 1 aromatic carbocycles. The highest BCUT2D eigenvalue weighted by Crippen LogP contribution is 2.33. The van der Waals surface area contributed by atoms with E-state index in [-0.39, 0.29) is 32.6 Å². The first-order valence-electron chi connectivity index (χ1n) is 7.52. The van der Waals surface area contributed by atoms with E-state index in [0.29, 0.717) is 5.56 Å². The van der Waals surface area contributed by atoms with Gasteiger partial charge in [-0.05, 0) is 37.6 Å². The molecular formula is C18H14ClFN2O3S. The van der Waals surface area contributed by atoms with Crippen LogP contribution in [0.5, 0.6) is 0 Å². The third kappa shape index (κ3) is 4.28. The van der Waals surface area contributed by atoms with E-state index in [2.05, 4.69) is 5.32 Å². The van der Waals surface area contributed by atoms with Crippen molar-refractivity contribution >= 4 is 45.9 Å². The molecule has 0 fully saturated rings. The fourth-order valence-electron chi connectivity index (χ4n) is 2.11. The molecule has 8 heteroatoms. The van der Waals surface area contributed by atoms with Crippen LogP contribution in [0.15, 0.2) is 24.3 Å². The van der Waals surface area contributed by atoms with Crippen LogP contribution in [0.25, 0.3) is 6.08 Å². The molecular weight excluding hydrogens is 379 g/mol. The number of rotatable bonds is 5. The molecule has 0 atom stereocenters. The van der Waals surface area contributed by atoms with Crippen molar-refractivity contribution in [1.82, 2.24) is 0 Å². The maximum atomic E-state index is 13.7. The number of carbonyl (C=O) groups is 2. The summed E-state index contributed by atoms with van der Waals surface area (Å²) in [4.78, 5) is 24.3. The molecule has 1 N–H and O–H groups in total. The lowest BCUT2D eigenvalue weighted by atomic mass is 10.1. The Morgan fingerprint density at radius 1 is 1.46 bits per heavy atom. The highest BCUT2D eigenvalue weighted by atomic mass is 35.5. The van der Waals surface area contributed by atoms with Gasteiger partial charge in [-0.15, -0.1) is 11.3 Å². The predicted molar refractivity (Wildman–Crippen MR) is 98.8 cm³/mol. The highest BCUT2D eigenvalue weighted by molar-refractivity contribution is 7.18. The molecule has 0 aliphatic carbocycles. The molecule has 0 spiro atoms. The van der Waals surface area contributed by atoms with Crippen LogP contribution >= 0.6 is 22.9 Å². The Bertz CT molecular complexity index is 911. The molecule has 2 aromatic rings. The van der Waals surface area contributed by atoms with Crippen LogP contribution in [0.1, 0.15) is 33.3 Å². The van der Waals surface area contributed by atoms with Crippen molar-refractivity contribution in [3.05, 3.63) is 56.7 Å². The van der Waals surface area contributed by atoms with E-state index in [9.17, 15) is 19.2 Å². The van der Waals surface area contributed by atoms with Crippen LogP contribution < -0.4 is 5.32 Å². The minimum Gasteiger partial charge on any atom is -0.462 e. The summed E-state index contributed by atoms with van der Waals surface area (Å²) in [5.74, 6) is -1.70. The molecule has 1 heterocycles. The lowest BCUT2D eigenvalue weighted by Gasteiger charge is -2.01. The Balaban J connectivity index is 2.24. The summed E-state index contributed by atoms with van der Waals surface area (Å²) in [7, 11) is 0. The average molecular weight is 393 g/mol. The number of halogens is 2. The van der Waals surface area contributed by atoms with Gasteiger partial charge in [-0.2, -0.15) is 5.26 Å². The van der Waals surface area contributed by atoms with Crippen LogP contribution in [0.4, 0.5) is 9.39 Å². The minimum absolute atomic E-state index is 0.0828. The molecule has 2 rings (SSSR count). The lowest BCUT2D eigenvalue weighted by molar-refractivity contribution is -0.111. The summed E-state index contributed by atoms with van der Waals surface area (Å²) in [6, 6.07) is 6.15. The fraction of sp³-hybridized carbons (Fsp3) is 0.167. The van der Waals surface area contributed by atoms with Crippen molar-refractivity contribution in [2.75, 3.05) is 11.9 Å². The van der Waals surface area contributed by atoms with Gasteiger partial charge < -0.3 is 10.1 Å². The summed E-state index contributed by atoms with van der Waals surface area (Å²) < 4.78 is 18.6. The number of nitrogens with zero attached hydrogens (tertiary/aromatic N) is 1. The number of ether oxygens (including phenoxy) is 1. The summed E-state index contributed by atoms with van der Waals surface area (Å²) in [6.07, 6.45) is 2.34. The molecule has 0 saturated heterocycles.